The number of carbonyl (C=O) groups excluding carboxylic acids is 1. The minimum atomic E-state index is -0.276. The van der Waals surface area contributed by atoms with Crippen LogP contribution in [-0.4, -0.2) is 5.97 Å². The smallest absolute Gasteiger partial charge is 0.303 e. The van der Waals surface area contributed by atoms with Gasteiger partial charge in [0, 0.05) is 18.2 Å². The molecule has 116 valence electrons. The third kappa shape index (κ3) is 4.35. The number of aryl methyl sites for hydroxylation is 2. The Bertz CT molecular complexity index is 602. The highest BCUT2D eigenvalue weighted by molar-refractivity contribution is 5.67. The zero-order valence-corrected chi connectivity index (χ0v) is 13.2. The molecule has 0 bridgehead atoms. The van der Waals surface area contributed by atoms with Gasteiger partial charge in [-0.1, -0.05) is 42.5 Å². The van der Waals surface area contributed by atoms with Gasteiger partial charge in [-0.15, -0.1) is 0 Å². The van der Waals surface area contributed by atoms with E-state index in [1.807, 2.05) is 43.3 Å². The van der Waals surface area contributed by atoms with Crippen LogP contribution in [0.4, 0.5) is 5.69 Å². The van der Waals surface area contributed by atoms with Gasteiger partial charge >= 0.3 is 5.97 Å². The Morgan fingerprint density at radius 1 is 1.14 bits per heavy atom. The molecule has 0 spiro atoms. The number of benzene rings is 2. The topological polar surface area (TPSA) is 52.3 Å². The second-order valence-corrected chi connectivity index (χ2v) is 5.55. The Labute approximate surface area is 132 Å². The Morgan fingerprint density at radius 3 is 2.50 bits per heavy atom. The van der Waals surface area contributed by atoms with Crippen molar-refractivity contribution in [1.82, 2.24) is 0 Å². The highest BCUT2D eigenvalue weighted by atomic mass is 16.5. The Kier molecular flexibility index (Phi) is 5.59. The molecular weight excluding hydrogens is 274 g/mol. The van der Waals surface area contributed by atoms with E-state index in [0.717, 1.165) is 30.4 Å². The predicted octanol–water partition coefficient (Wildman–Crippen LogP) is 4.20. The van der Waals surface area contributed by atoms with E-state index in [1.54, 1.807) is 0 Å². The van der Waals surface area contributed by atoms with Gasteiger partial charge in [-0.25, -0.2) is 0 Å². The van der Waals surface area contributed by atoms with Crippen molar-refractivity contribution in [1.29, 1.82) is 0 Å². The van der Waals surface area contributed by atoms with Crippen LogP contribution >= 0.6 is 0 Å². The molecule has 1 unspecified atom stereocenters. The molecule has 0 saturated heterocycles. The lowest BCUT2D eigenvalue weighted by atomic mass is 9.96. The molecule has 0 aliphatic carbocycles. The summed E-state index contributed by atoms with van der Waals surface area (Å²) in [4.78, 5) is 11.4. The maximum Gasteiger partial charge on any atom is 0.303 e. The Morgan fingerprint density at radius 2 is 1.86 bits per heavy atom. The minimum absolute atomic E-state index is 0.271. The highest BCUT2D eigenvalue weighted by Crippen LogP contribution is 2.31. The normalized spacial score (nSPS) is 11.9. The lowest BCUT2D eigenvalue weighted by Gasteiger charge is -2.21. The molecular formula is C19H23NO2. The Balaban J connectivity index is 2.08. The summed E-state index contributed by atoms with van der Waals surface area (Å²) < 4.78 is 5.52. The molecule has 0 aliphatic rings. The molecule has 0 aliphatic heterocycles. The van der Waals surface area contributed by atoms with Gasteiger partial charge in [0.25, 0.3) is 0 Å². The summed E-state index contributed by atoms with van der Waals surface area (Å²) in [5.41, 5.74) is 10.1. The molecule has 3 heteroatoms. The standard InChI is InChI=1S/C19H23NO2/c1-14-8-6-12-17(20)19(14)18(22-15(2)21)13-7-11-16-9-4-3-5-10-16/h3-6,8-10,12,18H,7,11,13,20H2,1-2H3. The van der Waals surface area contributed by atoms with Crippen LogP contribution in [0.5, 0.6) is 0 Å². The molecule has 0 saturated carbocycles. The SMILES string of the molecule is CC(=O)OC(CCCc1ccccc1)c1c(C)cccc1N. The number of rotatable bonds is 6. The van der Waals surface area contributed by atoms with Crippen molar-refractivity contribution in [3.05, 3.63) is 65.2 Å². The van der Waals surface area contributed by atoms with Crippen molar-refractivity contribution in [2.45, 2.75) is 39.2 Å². The van der Waals surface area contributed by atoms with Crippen LogP contribution in [0.3, 0.4) is 0 Å². The number of nitrogens with two attached hydrogens (primary N) is 1. The van der Waals surface area contributed by atoms with E-state index < -0.39 is 0 Å². The molecule has 2 rings (SSSR count). The van der Waals surface area contributed by atoms with Gasteiger partial charge in [0.2, 0.25) is 0 Å². The number of nitrogen functional groups attached to an aromatic ring is 1. The number of ether oxygens (including phenoxy) is 1. The maximum atomic E-state index is 11.4. The quantitative estimate of drug-likeness (QED) is 0.642. The lowest BCUT2D eigenvalue weighted by molar-refractivity contribution is -0.147. The van der Waals surface area contributed by atoms with Crippen molar-refractivity contribution < 1.29 is 9.53 Å². The lowest BCUT2D eigenvalue weighted by Crippen LogP contribution is -2.12. The monoisotopic (exact) mass is 297 g/mol. The summed E-state index contributed by atoms with van der Waals surface area (Å²) in [6, 6.07) is 16.1. The van der Waals surface area contributed by atoms with Gasteiger partial charge in [-0.3, -0.25) is 4.79 Å². The minimum Gasteiger partial charge on any atom is -0.458 e. The Hall–Kier alpha value is -2.29. The molecule has 22 heavy (non-hydrogen) atoms. The van der Waals surface area contributed by atoms with E-state index in [9.17, 15) is 4.79 Å². The van der Waals surface area contributed by atoms with Crippen molar-refractivity contribution >= 4 is 11.7 Å². The van der Waals surface area contributed by atoms with Crippen molar-refractivity contribution in [2.24, 2.45) is 0 Å². The molecule has 2 N–H and O–H groups in total. The molecule has 0 heterocycles. The fourth-order valence-corrected chi connectivity index (χ4v) is 2.74. The number of anilines is 1. The first kappa shape index (κ1) is 16.1. The van der Waals surface area contributed by atoms with E-state index >= 15 is 0 Å². The largest absolute Gasteiger partial charge is 0.458 e. The summed E-state index contributed by atoms with van der Waals surface area (Å²) >= 11 is 0. The molecule has 0 fully saturated rings. The molecule has 2 aromatic carbocycles. The second-order valence-electron chi connectivity index (χ2n) is 5.55. The molecule has 2 aromatic rings. The third-order valence-electron chi connectivity index (χ3n) is 3.76. The average Bonchev–Trinajstić information content (AvgIpc) is 2.47. The van der Waals surface area contributed by atoms with Crippen LogP contribution in [0.1, 0.15) is 42.6 Å². The molecule has 0 amide bonds. The highest BCUT2D eigenvalue weighted by Gasteiger charge is 2.19. The van der Waals surface area contributed by atoms with Gasteiger partial charge in [0.05, 0.1) is 0 Å². The second kappa shape index (κ2) is 7.64. The van der Waals surface area contributed by atoms with Gasteiger partial charge < -0.3 is 10.5 Å². The zero-order valence-electron chi connectivity index (χ0n) is 13.2. The van der Waals surface area contributed by atoms with Crippen molar-refractivity contribution in [2.75, 3.05) is 5.73 Å². The average molecular weight is 297 g/mol. The molecule has 3 nitrogen and oxygen atoms in total. The number of hydrogen-bond acceptors (Lipinski definition) is 3. The summed E-state index contributed by atoms with van der Waals surface area (Å²) in [6.45, 7) is 3.44. The fourth-order valence-electron chi connectivity index (χ4n) is 2.74. The molecule has 0 aromatic heterocycles. The van der Waals surface area contributed by atoms with Crippen LogP contribution in [0.15, 0.2) is 48.5 Å². The predicted molar refractivity (Wildman–Crippen MR) is 89.5 cm³/mol. The van der Waals surface area contributed by atoms with Crippen LogP contribution in [0.2, 0.25) is 0 Å². The van der Waals surface area contributed by atoms with Crippen molar-refractivity contribution in [3.63, 3.8) is 0 Å². The third-order valence-corrected chi connectivity index (χ3v) is 3.76. The van der Waals surface area contributed by atoms with Crippen LogP contribution < -0.4 is 5.73 Å². The first-order chi connectivity index (χ1) is 10.6. The van der Waals surface area contributed by atoms with Crippen LogP contribution in [-0.2, 0) is 16.0 Å². The van der Waals surface area contributed by atoms with Crippen LogP contribution in [0, 0.1) is 6.92 Å². The van der Waals surface area contributed by atoms with Gasteiger partial charge in [0.15, 0.2) is 0 Å². The van der Waals surface area contributed by atoms with E-state index in [4.69, 9.17) is 10.5 Å². The van der Waals surface area contributed by atoms with Crippen molar-refractivity contribution in [3.8, 4) is 0 Å². The van der Waals surface area contributed by atoms with Gasteiger partial charge in [0.1, 0.15) is 6.10 Å². The fraction of sp³-hybridized carbons (Fsp3) is 0.316. The molecule has 1 atom stereocenters. The van der Waals surface area contributed by atoms with E-state index in [2.05, 4.69) is 12.1 Å². The first-order valence-electron chi connectivity index (χ1n) is 7.64. The van der Waals surface area contributed by atoms with Gasteiger partial charge in [-0.2, -0.15) is 0 Å². The number of esters is 1. The zero-order chi connectivity index (χ0) is 15.9. The van der Waals surface area contributed by atoms with E-state index in [1.165, 1.54) is 12.5 Å². The number of carbonyl (C=O) groups is 1. The summed E-state index contributed by atoms with van der Waals surface area (Å²) in [6.07, 6.45) is 2.39. The van der Waals surface area contributed by atoms with E-state index in [0.29, 0.717) is 5.69 Å². The number of hydrogen-bond donors (Lipinski definition) is 1. The maximum absolute atomic E-state index is 11.4. The molecule has 0 radical (unpaired) electrons. The van der Waals surface area contributed by atoms with E-state index in [-0.39, 0.29) is 12.1 Å². The first-order valence-corrected chi connectivity index (χ1v) is 7.64. The summed E-state index contributed by atoms with van der Waals surface area (Å²) in [5.74, 6) is -0.271. The summed E-state index contributed by atoms with van der Waals surface area (Å²) in [7, 11) is 0. The summed E-state index contributed by atoms with van der Waals surface area (Å²) in [5, 5.41) is 0. The van der Waals surface area contributed by atoms with Crippen LogP contribution in [0.25, 0.3) is 0 Å². The van der Waals surface area contributed by atoms with Gasteiger partial charge in [-0.05, 0) is 43.4 Å².